The number of carbonyl (C=O) groups is 2. The first-order valence-electron chi connectivity index (χ1n) is 7.87. The number of amides is 2. The van der Waals surface area contributed by atoms with E-state index in [1.165, 1.54) is 18.2 Å². The molecule has 1 heterocycles. The van der Waals surface area contributed by atoms with Gasteiger partial charge in [0.15, 0.2) is 0 Å². The Bertz CT molecular complexity index is 765. The third kappa shape index (κ3) is 4.93. The third-order valence-electron chi connectivity index (χ3n) is 3.68. The highest BCUT2D eigenvalue weighted by atomic mass is 35.5. The fraction of sp³-hybridized carbons (Fsp3) is 0.375. The number of likely N-dealkylation sites (N-methyl/N-ethyl adjacent to an activating group) is 1. The molecule has 0 spiro atoms. The molecule has 0 saturated carbocycles. The molecule has 0 bridgehead atoms. The maximum absolute atomic E-state index is 12.0. The van der Waals surface area contributed by atoms with Gasteiger partial charge in [0.25, 0.3) is 5.69 Å². The van der Waals surface area contributed by atoms with E-state index >= 15 is 0 Å². The van der Waals surface area contributed by atoms with Crippen LogP contribution in [0.5, 0.6) is 0 Å². The molecule has 9 nitrogen and oxygen atoms in total. The van der Waals surface area contributed by atoms with Crippen molar-refractivity contribution in [2.75, 3.05) is 26.7 Å². The molecule has 0 aromatic heterocycles. The molecule has 26 heavy (non-hydrogen) atoms. The SMILES string of the molecule is CCOC(=O)C1=C(CN(C)Cc2cc([N+](=O)[O-])ccc2Cl)NC(=O)NC1. The molecule has 0 saturated heterocycles. The lowest BCUT2D eigenvalue weighted by Crippen LogP contribution is -2.46. The molecular weight excluding hydrogens is 364 g/mol. The number of nitro benzene ring substituents is 1. The number of ether oxygens (including phenoxy) is 1. The first-order valence-corrected chi connectivity index (χ1v) is 8.25. The van der Waals surface area contributed by atoms with Crippen molar-refractivity contribution in [2.45, 2.75) is 13.5 Å². The summed E-state index contributed by atoms with van der Waals surface area (Å²) in [4.78, 5) is 35.8. The summed E-state index contributed by atoms with van der Waals surface area (Å²) in [6.45, 7) is 2.53. The van der Waals surface area contributed by atoms with E-state index in [1.807, 2.05) is 0 Å². The Labute approximate surface area is 155 Å². The molecule has 0 fully saturated rings. The van der Waals surface area contributed by atoms with Crippen LogP contribution >= 0.6 is 11.6 Å². The number of hydrogen-bond donors (Lipinski definition) is 2. The van der Waals surface area contributed by atoms with E-state index in [2.05, 4.69) is 10.6 Å². The zero-order chi connectivity index (χ0) is 19.3. The van der Waals surface area contributed by atoms with Crippen molar-refractivity contribution in [1.29, 1.82) is 0 Å². The number of carbonyl (C=O) groups excluding carboxylic acids is 2. The van der Waals surface area contributed by atoms with Crippen LogP contribution in [0.3, 0.4) is 0 Å². The molecule has 2 amide bonds. The van der Waals surface area contributed by atoms with Gasteiger partial charge in [-0.1, -0.05) is 11.6 Å². The van der Waals surface area contributed by atoms with Crippen LogP contribution in [0.15, 0.2) is 29.5 Å². The molecule has 0 radical (unpaired) electrons. The van der Waals surface area contributed by atoms with Gasteiger partial charge in [-0.25, -0.2) is 9.59 Å². The fourth-order valence-electron chi connectivity index (χ4n) is 2.49. The number of benzene rings is 1. The minimum atomic E-state index is -0.503. The van der Waals surface area contributed by atoms with Crippen molar-refractivity contribution in [1.82, 2.24) is 15.5 Å². The first-order chi connectivity index (χ1) is 12.3. The predicted octanol–water partition coefficient (Wildman–Crippen LogP) is 1.81. The number of non-ortho nitro benzene ring substituents is 1. The van der Waals surface area contributed by atoms with Crippen LogP contribution in [0, 0.1) is 10.1 Å². The van der Waals surface area contributed by atoms with E-state index in [4.69, 9.17) is 16.3 Å². The van der Waals surface area contributed by atoms with Crippen molar-refractivity contribution in [3.63, 3.8) is 0 Å². The predicted molar refractivity (Wildman–Crippen MR) is 94.6 cm³/mol. The Kier molecular flexibility index (Phi) is 6.53. The van der Waals surface area contributed by atoms with Gasteiger partial charge in [0.05, 0.1) is 23.6 Å². The summed E-state index contributed by atoms with van der Waals surface area (Å²) in [5.74, 6) is -0.503. The lowest BCUT2D eigenvalue weighted by Gasteiger charge is -2.25. The average Bonchev–Trinajstić information content (AvgIpc) is 2.56. The Morgan fingerprint density at radius 3 is 2.81 bits per heavy atom. The van der Waals surface area contributed by atoms with Gasteiger partial charge >= 0.3 is 12.0 Å². The van der Waals surface area contributed by atoms with Gasteiger partial charge in [-0.15, -0.1) is 0 Å². The number of nitro groups is 1. The third-order valence-corrected chi connectivity index (χ3v) is 4.05. The van der Waals surface area contributed by atoms with Crippen LogP contribution in [0.25, 0.3) is 0 Å². The minimum absolute atomic E-state index is 0.0561. The quantitative estimate of drug-likeness (QED) is 0.422. The van der Waals surface area contributed by atoms with E-state index in [9.17, 15) is 19.7 Å². The Hall–Kier alpha value is -2.65. The summed E-state index contributed by atoms with van der Waals surface area (Å²) in [7, 11) is 1.75. The number of esters is 1. The van der Waals surface area contributed by atoms with Crippen LogP contribution in [-0.2, 0) is 16.1 Å². The molecule has 1 aromatic carbocycles. The number of nitrogens with one attached hydrogen (secondary N) is 2. The highest BCUT2D eigenvalue weighted by Gasteiger charge is 2.24. The van der Waals surface area contributed by atoms with Gasteiger partial charge in [-0.05, 0) is 25.6 Å². The molecule has 1 aliphatic heterocycles. The Morgan fingerprint density at radius 2 is 2.15 bits per heavy atom. The number of nitrogens with zero attached hydrogens (tertiary/aromatic N) is 2. The number of urea groups is 1. The summed E-state index contributed by atoms with van der Waals surface area (Å²) in [6.07, 6.45) is 0. The van der Waals surface area contributed by atoms with Gasteiger partial charge in [-0.3, -0.25) is 15.0 Å². The topological polar surface area (TPSA) is 114 Å². The zero-order valence-electron chi connectivity index (χ0n) is 14.4. The number of hydrogen-bond acceptors (Lipinski definition) is 6. The van der Waals surface area contributed by atoms with Crippen molar-refractivity contribution in [3.05, 3.63) is 50.2 Å². The van der Waals surface area contributed by atoms with E-state index in [0.29, 0.717) is 28.4 Å². The molecule has 10 heteroatoms. The lowest BCUT2D eigenvalue weighted by atomic mass is 10.1. The van der Waals surface area contributed by atoms with Gasteiger partial charge in [0, 0.05) is 35.9 Å². The maximum Gasteiger partial charge on any atom is 0.337 e. The second kappa shape index (κ2) is 8.63. The Morgan fingerprint density at radius 1 is 1.42 bits per heavy atom. The largest absolute Gasteiger partial charge is 0.463 e. The smallest absolute Gasteiger partial charge is 0.337 e. The second-order valence-electron chi connectivity index (χ2n) is 5.69. The molecule has 0 atom stereocenters. The standard InChI is InChI=1S/C16H19ClN4O5/c1-3-26-15(22)12-7-18-16(23)19-14(12)9-20(2)8-10-6-11(21(24)25)4-5-13(10)17/h4-6H,3,7-9H2,1-2H3,(H2,18,19,23). The number of halogens is 1. The highest BCUT2D eigenvalue weighted by Crippen LogP contribution is 2.23. The van der Waals surface area contributed by atoms with Crippen molar-refractivity contribution in [3.8, 4) is 0 Å². The van der Waals surface area contributed by atoms with Crippen LogP contribution in [0.1, 0.15) is 12.5 Å². The van der Waals surface area contributed by atoms with Crippen LogP contribution in [0.4, 0.5) is 10.5 Å². The Balaban J connectivity index is 2.17. The van der Waals surface area contributed by atoms with Crippen LogP contribution < -0.4 is 10.6 Å². The maximum atomic E-state index is 12.0. The van der Waals surface area contributed by atoms with Gasteiger partial charge < -0.3 is 15.4 Å². The first kappa shape index (κ1) is 19.7. The van der Waals surface area contributed by atoms with Crippen molar-refractivity contribution in [2.24, 2.45) is 0 Å². The van der Waals surface area contributed by atoms with Gasteiger partial charge in [-0.2, -0.15) is 0 Å². The summed E-state index contributed by atoms with van der Waals surface area (Å²) in [6, 6.07) is 3.80. The van der Waals surface area contributed by atoms with E-state index in [0.717, 1.165) is 0 Å². The summed E-state index contributed by atoms with van der Waals surface area (Å²) in [5.41, 5.74) is 1.28. The normalized spacial score (nSPS) is 14.1. The summed E-state index contributed by atoms with van der Waals surface area (Å²) >= 11 is 6.12. The van der Waals surface area contributed by atoms with Crippen molar-refractivity contribution < 1.29 is 19.2 Å². The van der Waals surface area contributed by atoms with Gasteiger partial charge in [0.2, 0.25) is 0 Å². The summed E-state index contributed by atoms with van der Waals surface area (Å²) < 4.78 is 5.01. The van der Waals surface area contributed by atoms with Crippen molar-refractivity contribution >= 4 is 29.3 Å². The van der Waals surface area contributed by atoms with E-state index < -0.39 is 16.9 Å². The molecule has 0 aliphatic carbocycles. The molecule has 2 rings (SSSR count). The van der Waals surface area contributed by atoms with E-state index in [1.54, 1.807) is 18.9 Å². The molecule has 2 N–H and O–H groups in total. The molecular formula is C16H19ClN4O5. The molecule has 1 aliphatic rings. The molecule has 0 unspecified atom stereocenters. The molecule has 1 aromatic rings. The monoisotopic (exact) mass is 382 g/mol. The summed E-state index contributed by atoms with van der Waals surface area (Å²) in [5, 5.41) is 16.5. The van der Waals surface area contributed by atoms with Gasteiger partial charge in [0.1, 0.15) is 0 Å². The lowest BCUT2D eigenvalue weighted by molar-refractivity contribution is -0.384. The fourth-order valence-corrected chi connectivity index (χ4v) is 2.67. The second-order valence-corrected chi connectivity index (χ2v) is 6.10. The van der Waals surface area contributed by atoms with E-state index in [-0.39, 0.29) is 25.4 Å². The van der Waals surface area contributed by atoms with Crippen LogP contribution in [0.2, 0.25) is 5.02 Å². The highest BCUT2D eigenvalue weighted by molar-refractivity contribution is 6.31. The molecule has 140 valence electrons. The zero-order valence-corrected chi connectivity index (χ0v) is 15.1. The number of rotatable bonds is 7. The minimum Gasteiger partial charge on any atom is -0.463 e. The average molecular weight is 383 g/mol. The van der Waals surface area contributed by atoms with Crippen LogP contribution in [-0.4, -0.2) is 48.6 Å².